The largest absolute Gasteiger partial charge is 0.322 e. The van der Waals surface area contributed by atoms with Gasteiger partial charge in [-0.15, -0.1) is 0 Å². The van der Waals surface area contributed by atoms with Gasteiger partial charge in [0.2, 0.25) is 0 Å². The molecule has 6 heteroatoms. The predicted molar refractivity (Wildman–Crippen MR) is 116 cm³/mol. The van der Waals surface area contributed by atoms with Crippen LogP contribution in [0.1, 0.15) is 21.7 Å². The molecule has 0 bridgehead atoms. The molecule has 1 amide bonds. The highest BCUT2D eigenvalue weighted by Gasteiger charge is 2.12. The van der Waals surface area contributed by atoms with E-state index in [-0.39, 0.29) is 11.5 Å². The number of rotatable bonds is 3. The fourth-order valence-electron chi connectivity index (χ4n) is 3.25. The van der Waals surface area contributed by atoms with E-state index < -0.39 is 0 Å². The molecule has 5 nitrogen and oxygen atoms in total. The number of hydrogen-bond donors (Lipinski definition) is 1. The van der Waals surface area contributed by atoms with Crippen molar-refractivity contribution >= 4 is 34.1 Å². The number of amides is 1. The number of nitrogens with one attached hydrogen (secondary N) is 1. The summed E-state index contributed by atoms with van der Waals surface area (Å²) in [5.74, 6) is 0.336. The van der Waals surface area contributed by atoms with Gasteiger partial charge in [0.15, 0.2) is 0 Å². The van der Waals surface area contributed by atoms with Crippen LogP contribution in [-0.4, -0.2) is 15.5 Å². The van der Waals surface area contributed by atoms with E-state index in [0.717, 1.165) is 5.56 Å². The molecule has 3 aromatic carbocycles. The molecule has 0 saturated carbocycles. The minimum absolute atomic E-state index is 0.139. The lowest BCUT2D eigenvalue weighted by Crippen LogP contribution is -2.22. The quantitative estimate of drug-likeness (QED) is 0.528. The van der Waals surface area contributed by atoms with E-state index in [4.69, 9.17) is 11.6 Å². The van der Waals surface area contributed by atoms with E-state index >= 15 is 0 Å². The first-order valence-corrected chi connectivity index (χ1v) is 9.49. The lowest BCUT2D eigenvalue weighted by molar-refractivity contribution is 0.102. The number of halogens is 1. The van der Waals surface area contributed by atoms with Gasteiger partial charge in [-0.2, -0.15) is 0 Å². The Morgan fingerprint density at radius 1 is 0.966 bits per heavy atom. The van der Waals surface area contributed by atoms with Crippen molar-refractivity contribution in [1.29, 1.82) is 0 Å². The van der Waals surface area contributed by atoms with Gasteiger partial charge >= 0.3 is 0 Å². The standard InChI is InChI=1S/C23H18ClN3O2/c1-14-19(24)7-5-9-20(14)26-22(28)16-10-12-17(13-11-16)27-15(2)25-21-8-4-3-6-18(21)23(27)29/h3-13H,1-2H3,(H,26,28). The molecule has 1 N–H and O–H groups in total. The fraction of sp³-hybridized carbons (Fsp3) is 0.0870. The van der Waals surface area contributed by atoms with Crippen LogP contribution in [0.2, 0.25) is 5.02 Å². The van der Waals surface area contributed by atoms with E-state index in [1.54, 1.807) is 60.0 Å². The summed E-state index contributed by atoms with van der Waals surface area (Å²) < 4.78 is 1.55. The zero-order valence-electron chi connectivity index (χ0n) is 15.9. The van der Waals surface area contributed by atoms with Crippen LogP contribution in [0.25, 0.3) is 16.6 Å². The second kappa shape index (κ2) is 7.53. The number of para-hydroxylation sites is 1. The molecule has 144 valence electrons. The number of fused-ring (bicyclic) bond motifs is 1. The molecule has 0 aliphatic heterocycles. The van der Waals surface area contributed by atoms with Gasteiger partial charge in [0.1, 0.15) is 5.82 Å². The lowest BCUT2D eigenvalue weighted by atomic mass is 10.1. The van der Waals surface area contributed by atoms with Gasteiger partial charge in [0.25, 0.3) is 11.5 Å². The summed E-state index contributed by atoms with van der Waals surface area (Å²) in [7, 11) is 0. The van der Waals surface area contributed by atoms with Crippen molar-refractivity contribution in [3.63, 3.8) is 0 Å². The number of hydrogen-bond acceptors (Lipinski definition) is 3. The second-order valence-electron chi connectivity index (χ2n) is 6.73. The zero-order valence-corrected chi connectivity index (χ0v) is 16.7. The average Bonchev–Trinajstić information content (AvgIpc) is 2.72. The number of aryl methyl sites for hydroxylation is 1. The molecule has 1 aromatic heterocycles. The van der Waals surface area contributed by atoms with E-state index in [1.807, 2.05) is 25.1 Å². The number of nitrogens with zero attached hydrogens (tertiary/aromatic N) is 2. The Kier molecular flexibility index (Phi) is 4.91. The van der Waals surface area contributed by atoms with E-state index in [2.05, 4.69) is 10.3 Å². The van der Waals surface area contributed by atoms with E-state index in [0.29, 0.717) is 38.7 Å². The van der Waals surface area contributed by atoms with Crippen LogP contribution in [0.3, 0.4) is 0 Å². The van der Waals surface area contributed by atoms with Crippen LogP contribution in [0.15, 0.2) is 71.5 Å². The highest BCUT2D eigenvalue weighted by molar-refractivity contribution is 6.31. The maximum absolute atomic E-state index is 12.9. The maximum atomic E-state index is 12.9. The van der Waals surface area contributed by atoms with Gasteiger partial charge < -0.3 is 5.32 Å². The van der Waals surface area contributed by atoms with Gasteiger partial charge in [-0.3, -0.25) is 14.2 Å². The van der Waals surface area contributed by atoms with Crippen LogP contribution in [-0.2, 0) is 0 Å². The minimum Gasteiger partial charge on any atom is -0.322 e. The van der Waals surface area contributed by atoms with Crippen molar-refractivity contribution in [2.45, 2.75) is 13.8 Å². The Bertz CT molecular complexity index is 1290. The van der Waals surface area contributed by atoms with Crippen LogP contribution < -0.4 is 10.9 Å². The maximum Gasteiger partial charge on any atom is 0.265 e. The first-order valence-electron chi connectivity index (χ1n) is 9.11. The molecular weight excluding hydrogens is 386 g/mol. The smallest absolute Gasteiger partial charge is 0.265 e. The van der Waals surface area contributed by atoms with Crippen molar-refractivity contribution in [1.82, 2.24) is 9.55 Å². The van der Waals surface area contributed by atoms with Crippen LogP contribution >= 0.6 is 11.6 Å². The van der Waals surface area contributed by atoms with E-state index in [1.165, 1.54) is 0 Å². The lowest BCUT2D eigenvalue weighted by Gasteiger charge is -2.12. The Morgan fingerprint density at radius 2 is 1.69 bits per heavy atom. The molecular formula is C23H18ClN3O2. The fourth-order valence-corrected chi connectivity index (χ4v) is 3.42. The molecule has 29 heavy (non-hydrogen) atoms. The summed E-state index contributed by atoms with van der Waals surface area (Å²) in [5, 5.41) is 4.02. The van der Waals surface area contributed by atoms with Crippen molar-refractivity contribution in [3.05, 3.63) is 99.1 Å². The molecule has 0 spiro atoms. The van der Waals surface area contributed by atoms with Crippen molar-refractivity contribution in [2.24, 2.45) is 0 Å². The number of anilines is 1. The zero-order chi connectivity index (χ0) is 20.5. The number of carbonyl (C=O) groups excluding carboxylic acids is 1. The van der Waals surface area contributed by atoms with Crippen molar-refractivity contribution in [2.75, 3.05) is 5.32 Å². The molecule has 0 aliphatic carbocycles. The molecule has 4 aromatic rings. The summed E-state index contributed by atoms with van der Waals surface area (Å²) in [6, 6.07) is 19.5. The first-order chi connectivity index (χ1) is 14.0. The minimum atomic E-state index is -0.248. The second-order valence-corrected chi connectivity index (χ2v) is 7.14. The number of benzene rings is 3. The molecule has 0 fully saturated rings. The van der Waals surface area contributed by atoms with Crippen molar-refractivity contribution < 1.29 is 4.79 Å². The third-order valence-electron chi connectivity index (χ3n) is 4.85. The number of aromatic nitrogens is 2. The van der Waals surface area contributed by atoms with E-state index in [9.17, 15) is 9.59 Å². The Labute approximate surface area is 172 Å². The summed E-state index contributed by atoms with van der Waals surface area (Å²) in [6.45, 7) is 3.64. The highest BCUT2D eigenvalue weighted by atomic mass is 35.5. The molecule has 0 radical (unpaired) electrons. The monoisotopic (exact) mass is 403 g/mol. The SMILES string of the molecule is Cc1c(Cl)cccc1NC(=O)c1ccc(-n2c(C)nc3ccccc3c2=O)cc1. The third-order valence-corrected chi connectivity index (χ3v) is 5.26. The predicted octanol–water partition coefficient (Wildman–Crippen LogP) is 4.91. The summed E-state index contributed by atoms with van der Waals surface area (Å²) >= 11 is 6.11. The first kappa shape index (κ1) is 18.9. The van der Waals surface area contributed by atoms with Gasteiger partial charge in [0, 0.05) is 16.3 Å². The molecule has 0 unspecified atom stereocenters. The average molecular weight is 404 g/mol. The topological polar surface area (TPSA) is 64.0 Å². The molecule has 0 aliphatic rings. The van der Waals surface area contributed by atoms with Crippen LogP contribution in [0.4, 0.5) is 5.69 Å². The Balaban J connectivity index is 1.66. The summed E-state index contributed by atoms with van der Waals surface area (Å²) in [5.41, 5.74) is 3.13. The summed E-state index contributed by atoms with van der Waals surface area (Å²) in [4.78, 5) is 30.0. The van der Waals surface area contributed by atoms with Gasteiger partial charge in [-0.05, 0) is 67.9 Å². The number of carbonyl (C=O) groups is 1. The molecule has 0 saturated heterocycles. The molecule has 4 rings (SSSR count). The highest BCUT2D eigenvalue weighted by Crippen LogP contribution is 2.23. The summed E-state index contributed by atoms with van der Waals surface area (Å²) in [6.07, 6.45) is 0. The molecule has 0 atom stereocenters. The Hall–Kier alpha value is -3.44. The van der Waals surface area contributed by atoms with Crippen molar-refractivity contribution in [3.8, 4) is 5.69 Å². The van der Waals surface area contributed by atoms with Gasteiger partial charge in [-0.1, -0.05) is 29.8 Å². The molecule has 1 heterocycles. The van der Waals surface area contributed by atoms with Gasteiger partial charge in [0.05, 0.1) is 16.6 Å². The van der Waals surface area contributed by atoms with Crippen LogP contribution in [0, 0.1) is 13.8 Å². The van der Waals surface area contributed by atoms with Crippen LogP contribution in [0.5, 0.6) is 0 Å². The normalized spacial score (nSPS) is 10.9. The third kappa shape index (κ3) is 3.52. The Morgan fingerprint density at radius 3 is 2.45 bits per heavy atom. The van der Waals surface area contributed by atoms with Gasteiger partial charge in [-0.25, -0.2) is 4.98 Å².